The first-order valence-corrected chi connectivity index (χ1v) is 5.22. The summed E-state index contributed by atoms with van der Waals surface area (Å²) < 4.78 is 5.67. The number of nitrogens with zero attached hydrogens (tertiary/aromatic N) is 2. The second kappa shape index (κ2) is 4.29. The molecular weight excluding hydrogens is 176 g/mol. The molecule has 1 aliphatic heterocycles. The maximum absolute atomic E-state index is 9.26. The van der Waals surface area contributed by atoms with E-state index in [1.807, 2.05) is 19.0 Å². The Morgan fingerprint density at radius 2 is 2.14 bits per heavy atom. The van der Waals surface area contributed by atoms with Crippen molar-refractivity contribution in [2.45, 2.75) is 38.3 Å². The Hall–Kier alpha value is -0.590. The third kappa shape index (κ3) is 2.08. The molecule has 1 aliphatic rings. The molecule has 2 unspecified atom stereocenters. The van der Waals surface area contributed by atoms with E-state index in [1.54, 1.807) is 0 Å². The van der Waals surface area contributed by atoms with E-state index < -0.39 is 0 Å². The van der Waals surface area contributed by atoms with Crippen molar-refractivity contribution in [3.63, 3.8) is 0 Å². The van der Waals surface area contributed by atoms with Crippen LogP contribution in [-0.4, -0.2) is 37.2 Å². The van der Waals surface area contributed by atoms with E-state index in [9.17, 15) is 5.26 Å². The summed E-state index contributed by atoms with van der Waals surface area (Å²) in [5.41, 5.74) is -0.312. The molecule has 3 nitrogen and oxygen atoms in total. The van der Waals surface area contributed by atoms with Gasteiger partial charge in [-0.05, 0) is 20.0 Å². The monoisotopic (exact) mass is 196 g/mol. The fourth-order valence-electron chi connectivity index (χ4n) is 1.91. The van der Waals surface area contributed by atoms with Crippen molar-refractivity contribution >= 4 is 0 Å². The van der Waals surface area contributed by atoms with Crippen LogP contribution in [-0.2, 0) is 4.74 Å². The Labute approximate surface area is 86.6 Å². The molecule has 0 aromatic heterocycles. The van der Waals surface area contributed by atoms with Gasteiger partial charge in [0, 0.05) is 19.4 Å². The molecule has 1 heterocycles. The van der Waals surface area contributed by atoms with Gasteiger partial charge in [0.15, 0.2) is 0 Å². The topological polar surface area (TPSA) is 36.3 Å². The highest BCUT2D eigenvalue weighted by Gasteiger charge is 2.40. The zero-order chi connectivity index (χ0) is 10.8. The zero-order valence-corrected chi connectivity index (χ0v) is 9.58. The second-order valence-corrected chi connectivity index (χ2v) is 4.65. The number of rotatable bonds is 2. The molecule has 0 aromatic carbocycles. The molecule has 1 saturated heterocycles. The van der Waals surface area contributed by atoms with Crippen molar-refractivity contribution in [3.05, 3.63) is 0 Å². The van der Waals surface area contributed by atoms with Crippen molar-refractivity contribution in [3.8, 4) is 6.07 Å². The Morgan fingerprint density at radius 3 is 2.57 bits per heavy atom. The lowest BCUT2D eigenvalue weighted by Gasteiger charge is -2.41. The SMILES string of the molecule is CC(C)C1CC(C#N)(N(C)C)CCO1. The molecule has 0 radical (unpaired) electrons. The van der Waals surface area contributed by atoms with Gasteiger partial charge in [-0.3, -0.25) is 4.90 Å². The van der Waals surface area contributed by atoms with Crippen molar-refractivity contribution < 1.29 is 4.74 Å². The minimum absolute atomic E-state index is 0.228. The van der Waals surface area contributed by atoms with Crippen molar-refractivity contribution in [1.82, 2.24) is 4.90 Å². The Kier molecular flexibility index (Phi) is 3.52. The molecule has 2 atom stereocenters. The molecule has 0 bridgehead atoms. The van der Waals surface area contributed by atoms with Crippen LogP contribution in [0.1, 0.15) is 26.7 Å². The van der Waals surface area contributed by atoms with Gasteiger partial charge in [0.1, 0.15) is 5.54 Å². The van der Waals surface area contributed by atoms with Gasteiger partial charge in [-0.25, -0.2) is 0 Å². The summed E-state index contributed by atoms with van der Waals surface area (Å²) in [5, 5.41) is 9.26. The molecule has 0 aromatic rings. The first-order valence-electron chi connectivity index (χ1n) is 5.22. The van der Waals surface area contributed by atoms with Crippen LogP contribution in [0.2, 0.25) is 0 Å². The van der Waals surface area contributed by atoms with Crippen molar-refractivity contribution in [2.75, 3.05) is 20.7 Å². The molecule has 14 heavy (non-hydrogen) atoms. The van der Waals surface area contributed by atoms with Crippen molar-refractivity contribution in [1.29, 1.82) is 5.26 Å². The average Bonchev–Trinajstić information content (AvgIpc) is 2.17. The number of nitriles is 1. The second-order valence-electron chi connectivity index (χ2n) is 4.65. The summed E-state index contributed by atoms with van der Waals surface area (Å²) in [6.45, 7) is 5.00. The normalized spacial score (nSPS) is 33.4. The van der Waals surface area contributed by atoms with Gasteiger partial charge in [0.25, 0.3) is 0 Å². The van der Waals surface area contributed by atoms with E-state index in [4.69, 9.17) is 4.74 Å². The Morgan fingerprint density at radius 1 is 1.50 bits per heavy atom. The van der Waals surface area contributed by atoms with Gasteiger partial charge in [-0.1, -0.05) is 13.8 Å². The average molecular weight is 196 g/mol. The summed E-state index contributed by atoms with van der Waals surface area (Å²) in [5.74, 6) is 0.489. The number of hydrogen-bond acceptors (Lipinski definition) is 3. The van der Waals surface area contributed by atoms with E-state index in [-0.39, 0.29) is 11.6 Å². The smallest absolute Gasteiger partial charge is 0.113 e. The third-order valence-corrected chi connectivity index (χ3v) is 3.19. The molecular formula is C11H20N2O. The highest BCUT2D eigenvalue weighted by atomic mass is 16.5. The minimum atomic E-state index is -0.312. The predicted octanol–water partition coefficient (Wildman–Crippen LogP) is 1.65. The largest absolute Gasteiger partial charge is 0.378 e. The van der Waals surface area contributed by atoms with Crippen LogP contribution in [0.4, 0.5) is 0 Å². The van der Waals surface area contributed by atoms with Crippen LogP contribution >= 0.6 is 0 Å². The molecule has 80 valence electrons. The highest BCUT2D eigenvalue weighted by Crippen LogP contribution is 2.31. The maximum Gasteiger partial charge on any atom is 0.113 e. The summed E-state index contributed by atoms with van der Waals surface area (Å²) in [4.78, 5) is 2.03. The summed E-state index contributed by atoms with van der Waals surface area (Å²) >= 11 is 0. The summed E-state index contributed by atoms with van der Waals surface area (Å²) in [6, 6.07) is 2.45. The molecule has 1 fully saturated rings. The van der Waals surface area contributed by atoms with Crippen LogP contribution < -0.4 is 0 Å². The summed E-state index contributed by atoms with van der Waals surface area (Å²) in [6.07, 6.45) is 1.87. The lowest BCUT2D eigenvalue weighted by Crippen LogP contribution is -2.51. The van der Waals surface area contributed by atoms with E-state index >= 15 is 0 Å². The van der Waals surface area contributed by atoms with Crippen LogP contribution in [0.25, 0.3) is 0 Å². The van der Waals surface area contributed by atoms with E-state index in [1.165, 1.54) is 0 Å². The van der Waals surface area contributed by atoms with Crippen LogP contribution in [0.5, 0.6) is 0 Å². The van der Waals surface area contributed by atoms with E-state index in [0.29, 0.717) is 12.5 Å². The minimum Gasteiger partial charge on any atom is -0.378 e. The summed E-state index contributed by atoms with van der Waals surface area (Å²) in [7, 11) is 3.96. The molecule has 0 amide bonds. The molecule has 3 heteroatoms. The van der Waals surface area contributed by atoms with Crippen LogP contribution in [0.15, 0.2) is 0 Å². The highest BCUT2D eigenvalue weighted by molar-refractivity contribution is 5.09. The lowest BCUT2D eigenvalue weighted by molar-refractivity contribution is -0.0606. The van der Waals surface area contributed by atoms with E-state index in [2.05, 4.69) is 19.9 Å². The van der Waals surface area contributed by atoms with Gasteiger partial charge < -0.3 is 4.74 Å². The van der Waals surface area contributed by atoms with Crippen LogP contribution in [0, 0.1) is 17.2 Å². The third-order valence-electron chi connectivity index (χ3n) is 3.19. The molecule has 0 N–H and O–H groups in total. The maximum atomic E-state index is 9.26. The lowest BCUT2D eigenvalue weighted by atomic mass is 9.83. The van der Waals surface area contributed by atoms with Gasteiger partial charge in [0.2, 0.25) is 0 Å². The van der Waals surface area contributed by atoms with Gasteiger partial charge in [0.05, 0.1) is 12.2 Å². The first kappa shape index (κ1) is 11.5. The van der Waals surface area contributed by atoms with Gasteiger partial charge >= 0.3 is 0 Å². The fraction of sp³-hybridized carbons (Fsp3) is 0.909. The Balaban J connectivity index is 2.75. The van der Waals surface area contributed by atoms with E-state index in [0.717, 1.165) is 12.8 Å². The fourth-order valence-corrected chi connectivity index (χ4v) is 1.91. The quantitative estimate of drug-likeness (QED) is 0.673. The number of hydrogen-bond donors (Lipinski definition) is 0. The van der Waals surface area contributed by atoms with Gasteiger partial charge in [-0.15, -0.1) is 0 Å². The molecule has 0 saturated carbocycles. The predicted molar refractivity (Wildman–Crippen MR) is 55.8 cm³/mol. The van der Waals surface area contributed by atoms with Gasteiger partial charge in [-0.2, -0.15) is 5.26 Å². The van der Waals surface area contributed by atoms with Crippen molar-refractivity contribution in [2.24, 2.45) is 5.92 Å². The zero-order valence-electron chi connectivity index (χ0n) is 9.58. The first-order chi connectivity index (χ1) is 6.52. The molecule has 0 spiro atoms. The van der Waals surface area contributed by atoms with Crippen LogP contribution in [0.3, 0.4) is 0 Å². The standard InChI is InChI=1S/C11H20N2O/c1-9(2)10-7-11(8-12,13(3)4)5-6-14-10/h9-10H,5-7H2,1-4H3. The Bertz CT molecular complexity index is 232. The number of ether oxygens (including phenoxy) is 1. The molecule has 1 rings (SSSR count). The molecule has 0 aliphatic carbocycles.